The van der Waals surface area contributed by atoms with Crippen LogP contribution in [0.2, 0.25) is 15.1 Å². The first-order valence-electron chi connectivity index (χ1n) is 35.2. The van der Waals surface area contributed by atoms with E-state index in [1.165, 1.54) is 51.7 Å². The van der Waals surface area contributed by atoms with Crippen LogP contribution in [0.4, 0.5) is 31.8 Å². The van der Waals surface area contributed by atoms with E-state index in [9.17, 15) is 47.3 Å². The van der Waals surface area contributed by atoms with E-state index in [2.05, 4.69) is 30.1 Å². The second-order valence-electron chi connectivity index (χ2n) is 26.5. The Hall–Kier alpha value is -12.8. The zero-order valence-corrected chi connectivity index (χ0v) is 67.4. The summed E-state index contributed by atoms with van der Waals surface area (Å²) in [4.78, 5) is 99.5. The van der Waals surface area contributed by atoms with Crippen LogP contribution < -0.4 is 46.9 Å². The van der Waals surface area contributed by atoms with Crippen molar-refractivity contribution in [2.75, 3.05) is 49.7 Å². The number of halogens is 3. The van der Waals surface area contributed by atoms with E-state index in [0.29, 0.717) is 113 Å². The molecule has 14 rings (SSSR count). The molecule has 6 heterocycles. The number of anilines is 3. The molecule has 4 N–H and O–H groups in total. The highest BCUT2D eigenvalue weighted by Crippen LogP contribution is 2.38. The molecule has 0 bridgehead atoms. The fourth-order valence-electron chi connectivity index (χ4n) is 11.8. The topological polar surface area (TPSA) is 360 Å². The first kappa shape index (κ1) is 83.1. The molecule has 115 heavy (non-hydrogen) atoms. The maximum absolute atomic E-state index is 12.8. The van der Waals surface area contributed by atoms with E-state index in [4.69, 9.17) is 68.0 Å². The summed E-state index contributed by atoms with van der Waals surface area (Å²) >= 11 is 20.4. The van der Waals surface area contributed by atoms with Crippen LogP contribution >= 0.6 is 46.1 Å². The number of hydrogen-bond acceptors (Lipinski definition) is 22. The Morgan fingerprint density at radius 3 is 1.62 bits per heavy atom. The average Bonchev–Trinajstić information content (AvgIpc) is 1.54. The molecule has 14 aromatic rings. The molecule has 0 aliphatic heterocycles. The molecule has 0 saturated carbocycles. The van der Waals surface area contributed by atoms with Crippen LogP contribution in [-0.4, -0.2) is 99.9 Å². The molecule has 6 aromatic heterocycles. The number of amides is 3. The number of sulfonamides is 1. The van der Waals surface area contributed by atoms with Crippen molar-refractivity contribution >= 4 is 140 Å². The second kappa shape index (κ2) is 36.3. The van der Waals surface area contributed by atoms with Gasteiger partial charge in [0.15, 0.2) is 22.4 Å². The van der Waals surface area contributed by atoms with Crippen molar-refractivity contribution in [1.29, 1.82) is 0 Å². The predicted molar refractivity (Wildman–Crippen MR) is 445 cm³/mol. The van der Waals surface area contributed by atoms with Crippen LogP contribution in [0.5, 0.6) is 23.3 Å². The Morgan fingerprint density at radius 1 is 0.600 bits per heavy atom. The van der Waals surface area contributed by atoms with Crippen LogP contribution in [0.15, 0.2) is 210 Å². The number of nitrogens with one attached hydrogen (secondary N) is 2. The third-order valence-corrected chi connectivity index (χ3v) is 21.2. The average molecular weight is 1650 g/mol. The van der Waals surface area contributed by atoms with Crippen molar-refractivity contribution in [3.63, 3.8) is 0 Å². The molecule has 0 fully saturated rings. The molecule has 590 valence electrons. The Morgan fingerprint density at radius 2 is 1.10 bits per heavy atom. The maximum atomic E-state index is 12.8. The van der Waals surface area contributed by atoms with Crippen molar-refractivity contribution in [2.24, 2.45) is 0 Å². The van der Waals surface area contributed by atoms with Crippen LogP contribution in [-0.2, 0) is 35.8 Å². The normalized spacial score (nSPS) is 11.0. The number of nitrogens with zero attached hydrogens (tertiary/aromatic N) is 8. The second-order valence-corrected chi connectivity index (χ2v) is 30.7. The number of nitrogen functional groups attached to an aromatic ring is 1. The molecule has 0 saturated heterocycles. The summed E-state index contributed by atoms with van der Waals surface area (Å²) in [7, 11) is 2.85. The van der Waals surface area contributed by atoms with Crippen LogP contribution in [0, 0.1) is 44.7 Å². The lowest BCUT2D eigenvalue weighted by Gasteiger charge is -2.13. The third kappa shape index (κ3) is 20.4. The lowest BCUT2D eigenvalue weighted by atomic mass is 9.98. The van der Waals surface area contributed by atoms with Gasteiger partial charge in [-0.2, -0.15) is 5.10 Å². The number of ether oxygens (including phenoxy) is 3. The first-order chi connectivity index (χ1) is 54.8. The zero-order valence-electron chi connectivity index (χ0n) is 63.5. The molecule has 32 heteroatoms. The minimum Gasteiger partial charge on any atom is -0.423 e. The number of aromatic nitrogens is 5. The molecule has 0 aliphatic carbocycles. The molecule has 0 aliphatic rings. The summed E-state index contributed by atoms with van der Waals surface area (Å²) in [5, 5.41) is 21.7. The quantitative estimate of drug-likeness (QED) is 0.0311. The highest BCUT2D eigenvalue weighted by atomic mass is 35.5. The van der Waals surface area contributed by atoms with Gasteiger partial charge in [0, 0.05) is 128 Å². The lowest BCUT2D eigenvalue weighted by Crippen LogP contribution is -2.25. The molecule has 0 unspecified atom stereocenters. The number of nitro groups is 1. The number of aryl methyl sites for hydroxylation is 4. The first-order valence-corrected chi connectivity index (χ1v) is 38.8. The Labute approximate surface area is 676 Å². The van der Waals surface area contributed by atoms with Crippen molar-refractivity contribution < 1.29 is 55.2 Å². The molecule has 27 nitrogen and oxygen atoms in total. The molecular weight excluding hydrogens is 1580 g/mol. The number of para-hydroxylation sites is 2. The van der Waals surface area contributed by atoms with E-state index in [1.54, 1.807) is 114 Å². The summed E-state index contributed by atoms with van der Waals surface area (Å²) in [6, 6.07) is 49.9. The number of carbonyl (C=O) groups excluding carboxylic acids is 3. The number of benzene rings is 8. The van der Waals surface area contributed by atoms with Crippen LogP contribution in [0.25, 0.3) is 43.1 Å². The highest BCUT2D eigenvalue weighted by molar-refractivity contribution is 7.92. The monoisotopic (exact) mass is 1650 g/mol. The lowest BCUT2D eigenvalue weighted by molar-refractivity contribution is -0.386. The van der Waals surface area contributed by atoms with Gasteiger partial charge in [0.05, 0.1) is 42.5 Å². The van der Waals surface area contributed by atoms with Crippen molar-refractivity contribution in [2.45, 2.75) is 67.3 Å². The summed E-state index contributed by atoms with van der Waals surface area (Å²) in [5.74, 6) is 0.272. The summed E-state index contributed by atoms with van der Waals surface area (Å²) < 4.78 is 61.4. The van der Waals surface area contributed by atoms with Gasteiger partial charge in [-0.05, 0) is 147 Å². The SMILES string of the molecule is CCS(=O)(=O)Nc1cccc(Cc2c(C)c3cc(Cl)c(Oc4ncccn4)cc3oc2=O)c1.Cc1c(Cc2ccccc2)c(=O)oc2cc(OC(=O)N(C)C)c(Cl)cc12.Cc1c(Cc2ccccc2N)c(=O)oc2cc(OC(=O)N(C)C)c(Cl)cc12.Cc1nn(Cc2ccc(C(=O)Nc3nc4ccccc4s3)cc2)c(C)c1[N+](=O)[O-]. The molecule has 0 radical (unpaired) electrons. The van der Waals surface area contributed by atoms with Crippen molar-refractivity contribution in [3.8, 4) is 23.3 Å². The van der Waals surface area contributed by atoms with Gasteiger partial charge >= 0.3 is 40.8 Å². The van der Waals surface area contributed by atoms with E-state index in [-0.39, 0.29) is 57.1 Å². The standard InChI is InChI=1S/C23H20ClN3O5S.C20H19ClN2O4.C20H18ClNO4.C20H17N5O3S/c1-3-33(29,30)27-16-7-4-6-15(10-16)11-18-14(2)17-12-19(24)21(13-20(17)31-22(18)28)32-23-25-8-5-9-26-23;1-11-13-9-15(21)18(27-20(25)23(2)3)10-17(13)26-19(24)14(11)8-12-6-4-5-7-16(12)22;1-12-14-10-16(21)18(26-20(24)22(2)3)11-17(14)25-19(23)15(12)9-13-7-5-4-6-8-13;1-12-18(25(27)28)13(2)24(23-12)11-14-7-9-15(10-8-14)19(26)22-20-21-16-5-3-4-6-17(16)29-20/h4-10,12-13,27H,3,11H2,1-2H3;4-7,9-10H,8,22H2,1-3H3;4-8,10-11H,9H2,1-3H3;3-10H,11H2,1-2H3,(H,21,22,26). The number of nitrogens with two attached hydrogens (primary N) is 1. The van der Waals surface area contributed by atoms with Crippen molar-refractivity contribution in [3.05, 3.63) is 311 Å². The molecule has 0 atom stereocenters. The third-order valence-electron chi connectivity index (χ3n) is 18.1. The number of carbonyl (C=O) groups is 3. The summed E-state index contributed by atoms with van der Waals surface area (Å²) in [6.45, 7) is 10.8. The number of hydrogen-bond donors (Lipinski definition) is 3. The number of rotatable bonds is 18. The van der Waals surface area contributed by atoms with E-state index in [0.717, 1.165) is 43.6 Å². The Bertz CT molecular complexity index is 6320. The molecular formula is C83H74Cl3N11O16S2. The molecule has 0 spiro atoms. The number of thiazole rings is 1. The van der Waals surface area contributed by atoms with Crippen LogP contribution in [0.3, 0.4) is 0 Å². The zero-order chi connectivity index (χ0) is 82.7. The van der Waals surface area contributed by atoms with Gasteiger partial charge in [0.1, 0.15) is 28.1 Å². The summed E-state index contributed by atoms with van der Waals surface area (Å²) in [5.41, 5.74) is 16.2. The largest absolute Gasteiger partial charge is 0.423 e. The smallest absolute Gasteiger partial charge is 0.414 e. The van der Waals surface area contributed by atoms with E-state index >= 15 is 0 Å². The minimum atomic E-state index is -3.40. The molecule has 3 amide bonds. The molecule has 8 aromatic carbocycles. The van der Waals surface area contributed by atoms with Gasteiger partial charge < -0.3 is 43.0 Å². The van der Waals surface area contributed by atoms with Gasteiger partial charge in [-0.3, -0.25) is 29.6 Å². The predicted octanol–water partition coefficient (Wildman–Crippen LogP) is 17.4. The maximum Gasteiger partial charge on any atom is 0.414 e. The van der Waals surface area contributed by atoms with Gasteiger partial charge in [0.2, 0.25) is 10.0 Å². The fourth-order valence-corrected chi connectivity index (χ4v) is 13.9. The highest BCUT2D eigenvalue weighted by Gasteiger charge is 2.25. The summed E-state index contributed by atoms with van der Waals surface area (Å²) in [6.07, 6.45) is 3.02. The van der Waals surface area contributed by atoms with E-state index < -0.39 is 44.0 Å². The van der Waals surface area contributed by atoms with E-state index in [1.807, 2.05) is 112 Å². The van der Waals surface area contributed by atoms with Gasteiger partial charge in [-0.25, -0.2) is 47.3 Å². The van der Waals surface area contributed by atoms with Gasteiger partial charge in [-0.1, -0.05) is 131 Å². The van der Waals surface area contributed by atoms with Crippen molar-refractivity contribution in [1.82, 2.24) is 34.5 Å². The van der Waals surface area contributed by atoms with Gasteiger partial charge in [0.25, 0.3) is 5.91 Å². The fraction of sp³-hybridized carbons (Fsp3) is 0.181. The Balaban J connectivity index is 0.000000152. The Kier molecular flexibility index (Phi) is 26.3. The minimum absolute atomic E-state index is 0.0343. The van der Waals surface area contributed by atoms with Gasteiger partial charge in [-0.15, -0.1) is 0 Å². The number of fused-ring (bicyclic) bond motifs is 4. The van der Waals surface area contributed by atoms with Crippen LogP contribution in [0.1, 0.15) is 84.3 Å².